The molecule has 10 nitrogen and oxygen atoms in total. The molecule has 0 saturated carbocycles. The van der Waals surface area contributed by atoms with Gasteiger partial charge in [0.05, 0.1) is 24.3 Å². The third-order valence-corrected chi connectivity index (χ3v) is 5.71. The van der Waals surface area contributed by atoms with Gasteiger partial charge in [-0.15, -0.1) is 0 Å². The molecule has 172 valence electrons. The van der Waals surface area contributed by atoms with Gasteiger partial charge < -0.3 is 20.7 Å². The summed E-state index contributed by atoms with van der Waals surface area (Å²) >= 11 is 0. The number of nitrogens with one attached hydrogen (secondary N) is 1. The van der Waals surface area contributed by atoms with Gasteiger partial charge in [0.25, 0.3) is 0 Å². The second kappa shape index (κ2) is 8.99. The maximum Gasteiger partial charge on any atom is 0.221 e. The van der Waals surface area contributed by atoms with Gasteiger partial charge in [0, 0.05) is 49.9 Å². The molecular formula is C24H24N8O2. The van der Waals surface area contributed by atoms with Crippen LogP contribution in [0.1, 0.15) is 12.5 Å². The number of rotatable bonds is 4. The summed E-state index contributed by atoms with van der Waals surface area (Å²) < 4.78 is 5.52. The number of benzene rings is 1. The average molecular weight is 457 g/mol. The summed E-state index contributed by atoms with van der Waals surface area (Å²) in [6.45, 7) is 6.14. The van der Waals surface area contributed by atoms with E-state index in [0.717, 1.165) is 28.2 Å². The van der Waals surface area contributed by atoms with Gasteiger partial charge in [-0.3, -0.25) is 9.78 Å². The zero-order valence-corrected chi connectivity index (χ0v) is 18.9. The fraction of sp³-hybridized carbons (Fsp3) is 0.250. The standard InChI is InChI=1S/C24H24N8O2/c1-14-18(4-3-5-19(14)29-15(2)33)16-10-20-21(26-11-16)23(32-6-8-34-9-7-32)31-22(30-20)17-12-27-24(25)28-13-17/h3-5,10-13H,6-9H2,1-2H3,(H,29,33)(H2,25,27,28). The number of morpholine rings is 1. The number of fused-ring (bicyclic) bond motifs is 1. The maximum absolute atomic E-state index is 11.6. The molecule has 1 aliphatic heterocycles. The number of nitrogen functional groups attached to an aromatic ring is 1. The van der Waals surface area contributed by atoms with Crippen molar-refractivity contribution in [3.8, 4) is 22.5 Å². The van der Waals surface area contributed by atoms with Crippen LogP contribution >= 0.6 is 0 Å². The number of nitrogens with two attached hydrogens (primary N) is 1. The van der Waals surface area contributed by atoms with Crippen molar-refractivity contribution in [3.05, 3.63) is 48.4 Å². The van der Waals surface area contributed by atoms with Crippen molar-refractivity contribution in [2.45, 2.75) is 13.8 Å². The minimum Gasteiger partial charge on any atom is -0.378 e. The number of amides is 1. The number of hydrogen-bond donors (Lipinski definition) is 2. The molecule has 3 N–H and O–H groups in total. The molecule has 0 radical (unpaired) electrons. The quantitative estimate of drug-likeness (QED) is 0.476. The van der Waals surface area contributed by atoms with Crippen LogP contribution in [0.25, 0.3) is 33.5 Å². The predicted octanol–water partition coefficient (Wildman–Crippen LogP) is 2.83. The van der Waals surface area contributed by atoms with Crippen LogP contribution in [0.3, 0.4) is 0 Å². The highest BCUT2D eigenvalue weighted by Crippen LogP contribution is 2.32. The maximum atomic E-state index is 11.6. The second-order valence-corrected chi connectivity index (χ2v) is 8.05. The van der Waals surface area contributed by atoms with Gasteiger partial charge in [-0.1, -0.05) is 12.1 Å². The lowest BCUT2D eigenvalue weighted by atomic mass is 10.00. The van der Waals surface area contributed by atoms with Crippen LogP contribution in [0.4, 0.5) is 17.5 Å². The number of aromatic nitrogens is 5. The minimum atomic E-state index is -0.116. The summed E-state index contributed by atoms with van der Waals surface area (Å²) in [4.78, 5) is 36.3. The summed E-state index contributed by atoms with van der Waals surface area (Å²) in [5.74, 6) is 1.32. The molecule has 4 heterocycles. The van der Waals surface area contributed by atoms with Crippen LogP contribution in [0.15, 0.2) is 42.9 Å². The first-order valence-electron chi connectivity index (χ1n) is 11.0. The van der Waals surface area contributed by atoms with E-state index in [4.69, 9.17) is 25.4 Å². The lowest BCUT2D eigenvalue weighted by Gasteiger charge is -2.28. The Morgan fingerprint density at radius 2 is 1.79 bits per heavy atom. The fourth-order valence-corrected chi connectivity index (χ4v) is 4.00. The average Bonchev–Trinajstić information content (AvgIpc) is 2.85. The molecule has 0 aliphatic carbocycles. The van der Waals surface area contributed by atoms with Crippen LogP contribution in [0.2, 0.25) is 0 Å². The van der Waals surface area contributed by atoms with Crippen molar-refractivity contribution in [3.63, 3.8) is 0 Å². The van der Waals surface area contributed by atoms with Gasteiger partial charge in [-0.05, 0) is 30.2 Å². The van der Waals surface area contributed by atoms with E-state index < -0.39 is 0 Å². The smallest absolute Gasteiger partial charge is 0.221 e. The summed E-state index contributed by atoms with van der Waals surface area (Å²) in [7, 11) is 0. The number of pyridine rings is 1. The van der Waals surface area contributed by atoms with Crippen molar-refractivity contribution < 1.29 is 9.53 Å². The van der Waals surface area contributed by atoms with Crippen molar-refractivity contribution >= 4 is 34.4 Å². The van der Waals surface area contributed by atoms with Crippen LogP contribution in [0.5, 0.6) is 0 Å². The van der Waals surface area contributed by atoms with Gasteiger partial charge >= 0.3 is 0 Å². The normalized spacial score (nSPS) is 13.8. The fourth-order valence-electron chi connectivity index (χ4n) is 4.00. The Bertz CT molecular complexity index is 1370. The Balaban J connectivity index is 1.66. The summed E-state index contributed by atoms with van der Waals surface area (Å²) in [6.07, 6.45) is 5.05. The van der Waals surface area contributed by atoms with Crippen LogP contribution in [-0.2, 0) is 9.53 Å². The lowest BCUT2D eigenvalue weighted by molar-refractivity contribution is -0.114. The molecule has 0 unspecified atom stereocenters. The molecule has 4 aromatic rings. The minimum absolute atomic E-state index is 0.116. The van der Waals surface area contributed by atoms with Gasteiger partial charge in [0.1, 0.15) is 5.52 Å². The highest BCUT2D eigenvalue weighted by molar-refractivity contribution is 5.93. The summed E-state index contributed by atoms with van der Waals surface area (Å²) in [5, 5.41) is 2.88. The van der Waals surface area contributed by atoms with Crippen LogP contribution in [0, 0.1) is 6.92 Å². The molecule has 1 aliphatic rings. The first-order valence-corrected chi connectivity index (χ1v) is 11.0. The molecule has 0 bridgehead atoms. The molecule has 0 spiro atoms. The molecule has 34 heavy (non-hydrogen) atoms. The molecule has 5 rings (SSSR count). The lowest BCUT2D eigenvalue weighted by Crippen LogP contribution is -2.37. The molecule has 1 aromatic carbocycles. The Morgan fingerprint density at radius 3 is 2.53 bits per heavy atom. The Morgan fingerprint density at radius 1 is 1.06 bits per heavy atom. The third-order valence-electron chi connectivity index (χ3n) is 5.71. The van der Waals surface area contributed by atoms with Crippen LogP contribution < -0.4 is 16.0 Å². The highest BCUT2D eigenvalue weighted by atomic mass is 16.5. The van der Waals surface area contributed by atoms with Crippen molar-refractivity contribution in [2.24, 2.45) is 0 Å². The molecule has 3 aromatic heterocycles. The Hall–Kier alpha value is -4.18. The largest absolute Gasteiger partial charge is 0.378 e. The van der Waals surface area contributed by atoms with E-state index in [0.29, 0.717) is 48.7 Å². The van der Waals surface area contributed by atoms with Gasteiger partial charge in [0.2, 0.25) is 11.9 Å². The topological polar surface area (TPSA) is 132 Å². The molecule has 10 heteroatoms. The number of carbonyl (C=O) groups excluding carboxylic acids is 1. The number of ether oxygens (including phenoxy) is 1. The number of anilines is 3. The summed E-state index contributed by atoms with van der Waals surface area (Å²) in [5.41, 5.74) is 11.3. The van der Waals surface area contributed by atoms with E-state index >= 15 is 0 Å². The first-order chi connectivity index (χ1) is 16.5. The van der Waals surface area contributed by atoms with Crippen molar-refractivity contribution in [2.75, 3.05) is 42.3 Å². The second-order valence-electron chi connectivity index (χ2n) is 8.05. The first kappa shape index (κ1) is 21.7. The summed E-state index contributed by atoms with van der Waals surface area (Å²) in [6, 6.07) is 7.79. The van der Waals surface area contributed by atoms with E-state index in [2.05, 4.69) is 20.2 Å². The SMILES string of the molecule is CC(=O)Nc1cccc(-c2cnc3c(N4CCOCC4)nc(-c4cnc(N)nc4)nc3c2)c1C. The number of nitrogens with zero attached hydrogens (tertiary/aromatic N) is 6. The zero-order valence-electron chi connectivity index (χ0n) is 18.9. The molecule has 1 fully saturated rings. The molecule has 1 saturated heterocycles. The van der Waals surface area contributed by atoms with E-state index in [1.54, 1.807) is 12.4 Å². The van der Waals surface area contributed by atoms with Crippen LogP contribution in [-0.4, -0.2) is 57.1 Å². The number of hydrogen-bond acceptors (Lipinski definition) is 9. The van der Waals surface area contributed by atoms with Gasteiger partial charge in [-0.2, -0.15) is 0 Å². The molecule has 1 amide bonds. The van der Waals surface area contributed by atoms with E-state index in [-0.39, 0.29) is 11.9 Å². The zero-order chi connectivity index (χ0) is 23.7. The molecular weight excluding hydrogens is 432 g/mol. The predicted molar refractivity (Wildman–Crippen MR) is 130 cm³/mol. The third kappa shape index (κ3) is 4.23. The van der Waals surface area contributed by atoms with E-state index in [9.17, 15) is 4.79 Å². The number of carbonyl (C=O) groups is 1. The van der Waals surface area contributed by atoms with E-state index in [1.807, 2.05) is 37.4 Å². The van der Waals surface area contributed by atoms with Gasteiger partial charge in [0.15, 0.2) is 11.6 Å². The Labute approximate surface area is 196 Å². The Kier molecular flexibility index (Phi) is 5.72. The van der Waals surface area contributed by atoms with E-state index in [1.165, 1.54) is 6.92 Å². The monoisotopic (exact) mass is 456 g/mol. The highest BCUT2D eigenvalue weighted by Gasteiger charge is 2.20. The molecule has 0 atom stereocenters. The van der Waals surface area contributed by atoms with Crippen molar-refractivity contribution in [1.82, 2.24) is 24.9 Å². The van der Waals surface area contributed by atoms with Crippen molar-refractivity contribution in [1.29, 1.82) is 0 Å². The van der Waals surface area contributed by atoms with Gasteiger partial charge in [-0.25, -0.2) is 19.9 Å².